The van der Waals surface area contributed by atoms with Crippen LogP contribution in [0.25, 0.3) is 0 Å². The van der Waals surface area contributed by atoms with E-state index in [1.165, 1.54) is 6.42 Å². The third-order valence-corrected chi connectivity index (χ3v) is 4.90. The molecule has 0 spiro atoms. The summed E-state index contributed by atoms with van der Waals surface area (Å²) in [7, 11) is 0. The quantitative estimate of drug-likeness (QED) is 0.179. The van der Waals surface area contributed by atoms with Crippen molar-refractivity contribution in [2.24, 2.45) is 0 Å². The molecule has 4 aromatic rings. The molecule has 0 radical (unpaired) electrons. The summed E-state index contributed by atoms with van der Waals surface area (Å²) in [6.07, 6.45) is 26.0. The molecule has 4 aromatic heterocycles. The first-order valence-electron chi connectivity index (χ1n) is 18.7. The Balaban J connectivity index is -0.0000000734. The van der Waals surface area contributed by atoms with E-state index in [2.05, 4.69) is 91.8 Å². The van der Waals surface area contributed by atoms with Gasteiger partial charge in [-0.2, -0.15) is 0 Å². The standard InChI is InChI=1S/2C9H11N.C8H9N.C6H10.C4H5N.5C2H6.2W/c2*1-2-3-4-7-10-8-5-6-9-10;1-2-3-6-9-7-4-5-8-9;1-3-5-6-4-2;1-2-4-5-3-1;5*1-2;;/h2*5-6,8-9H,4,7H2,1H3;1,4-5,7-8H,3,6H2;3,5H2,1-2H3;1-5H;5*1-2H3;;. The van der Waals surface area contributed by atoms with Gasteiger partial charge in [-0.25, -0.2) is 0 Å². The number of H-pyrrole nitrogens is 1. The Morgan fingerprint density at radius 1 is 0.442 bits per heavy atom. The minimum Gasteiger partial charge on any atom is -0.368 e. The molecule has 1 N–H and O–H groups in total. The fourth-order valence-corrected chi connectivity index (χ4v) is 2.90. The molecule has 4 nitrogen and oxygen atoms in total. The summed E-state index contributed by atoms with van der Waals surface area (Å²) in [6.45, 7) is 30.7. The zero-order chi connectivity index (χ0) is 39.4. The van der Waals surface area contributed by atoms with Gasteiger partial charge in [0.1, 0.15) is 0 Å². The number of aryl methyl sites for hydroxylation is 3. The molecule has 0 aliphatic heterocycles. The second-order valence-corrected chi connectivity index (χ2v) is 8.13. The largest absolute Gasteiger partial charge is 0.368 e. The van der Waals surface area contributed by atoms with E-state index in [9.17, 15) is 0 Å². The van der Waals surface area contributed by atoms with Crippen LogP contribution < -0.4 is 0 Å². The number of nitrogens with one attached hydrogen (secondary N) is 1. The van der Waals surface area contributed by atoms with Gasteiger partial charge in [-0.1, -0.05) is 76.2 Å². The molecule has 0 saturated heterocycles. The summed E-state index contributed by atoms with van der Waals surface area (Å²) in [4.78, 5) is 2.86. The van der Waals surface area contributed by atoms with E-state index in [1.54, 1.807) is 0 Å². The van der Waals surface area contributed by atoms with Crippen molar-refractivity contribution >= 4 is 0 Å². The Labute approximate surface area is 353 Å². The summed E-state index contributed by atoms with van der Waals surface area (Å²) in [6, 6.07) is 16.0. The van der Waals surface area contributed by atoms with E-state index in [0.29, 0.717) is 0 Å². The SMILES string of the molecule is C#CCCn1cccc1.CC.CC.CC.CC.CC.CC#CCCC.CC#CCCn1cccc1.CC#CCCn1cccc1.[W].[W].c1cc[nH]c1. The van der Waals surface area contributed by atoms with Crippen molar-refractivity contribution < 1.29 is 42.1 Å². The fraction of sp³-hybridized carbons (Fsp3) is 0.478. The van der Waals surface area contributed by atoms with Gasteiger partial charge in [-0.3, -0.25) is 0 Å². The van der Waals surface area contributed by atoms with Crippen LogP contribution in [-0.4, -0.2) is 18.7 Å². The first-order valence-corrected chi connectivity index (χ1v) is 18.7. The van der Waals surface area contributed by atoms with Gasteiger partial charge in [0.2, 0.25) is 0 Å². The molecule has 292 valence electrons. The number of hydrogen-bond acceptors (Lipinski definition) is 0. The van der Waals surface area contributed by atoms with Gasteiger partial charge >= 0.3 is 0 Å². The Bertz CT molecular complexity index is 1180. The monoisotopic (exact) mass is 1050 g/mol. The van der Waals surface area contributed by atoms with Crippen molar-refractivity contribution in [1.29, 1.82) is 0 Å². The van der Waals surface area contributed by atoms with Gasteiger partial charge in [0.15, 0.2) is 0 Å². The Kier molecular flexibility index (Phi) is 94.2. The van der Waals surface area contributed by atoms with Crippen molar-refractivity contribution in [3.8, 4) is 47.9 Å². The number of unbranched alkanes of at least 4 members (excludes halogenated alkanes) is 1. The molecule has 0 fully saturated rings. The van der Waals surface area contributed by atoms with Crippen LogP contribution in [0.4, 0.5) is 0 Å². The molecule has 0 bridgehead atoms. The molecule has 6 heteroatoms. The number of terminal acetylenes is 1. The normalized spacial score (nSPS) is 6.87. The zero-order valence-electron chi connectivity index (χ0n) is 35.6. The van der Waals surface area contributed by atoms with Crippen molar-refractivity contribution in [2.45, 2.75) is 149 Å². The summed E-state index contributed by atoms with van der Waals surface area (Å²) in [5.74, 6) is 20.1. The second-order valence-electron chi connectivity index (χ2n) is 8.13. The predicted molar refractivity (Wildman–Crippen MR) is 229 cm³/mol. The molecular weight excluding hydrogens is 976 g/mol. The molecule has 0 aliphatic carbocycles. The maximum atomic E-state index is 5.08. The summed E-state index contributed by atoms with van der Waals surface area (Å²) < 4.78 is 6.33. The molecule has 4 rings (SSSR count). The maximum Gasteiger partial charge on any atom is 0.0329 e. The third kappa shape index (κ3) is 61.9. The summed E-state index contributed by atoms with van der Waals surface area (Å²) >= 11 is 0. The van der Waals surface area contributed by atoms with Crippen molar-refractivity contribution in [2.75, 3.05) is 0 Å². The minimum atomic E-state index is 0. The van der Waals surface area contributed by atoms with Crippen LogP contribution in [0.2, 0.25) is 0 Å². The van der Waals surface area contributed by atoms with Gasteiger partial charge in [0, 0.05) is 137 Å². The average molecular weight is 1050 g/mol. The Morgan fingerprint density at radius 2 is 0.712 bits per heavy atom. The smallest absolute Gasteiger partial charge is 0.0329 e. The minimum absolute atomic E-state index is 0. The van der Waals surface area contributed by atoms with E-state index in [1.807, 2.05) is 163 Å². The molecule has 0 amide bonds. The fourth-order valence-electron chi connectivity index (χ4n) is 2.90. The van der Waals surface area contributed by atoms with E-state index in [4.69, 9.17) is 6.42 Å². The van der Waals surface area contributed by atoms with Gasteiger partial charge in [0.25, 0.3) is 0 Å². The van der Waals surface area contributed by atoms with Crippen LogP contribution in [0.15, 0.2) is 98.1 Å². The van der Waals surface area contributed by atoms with E-state index in [-0.39, 0.29) is 42.1 Å². The number of hydrogen-bond donors (Lipinski definition) is 1. The Hall–Kier alpha value is -3.26. The number of nitrogens with zero attached hydrogens (tertiary/aromatic N) is 3. The van der Waals surface area contributed by atoms with Crippen LogP contribution >= 0.6 is 0 Å². The third-order valence-electron chi connectivity index (χ3n) is 4.90. The van der Waals surface area contributed by atoms with Crippen LogP contribution in [0.1, 0.15) is 129 Å². The molecule has 0 aromatic carbocycles. The number of rotatable bonds is 7. The molecule has 0 unspecified atom stereocenters. The first-order chi connectivity index (χ1) is 24.7. The molecule has 52 heavy (non-hydrogen) atoms. The summed E-state index contributed by atoms with van der Waals surface area (Å²) in [5, 5.41) is 0. The van der Waals surface area contributed by atoms with E-state index in [0.717, 1.165) is 45.3 Å². The van der Waals surface area contributed by atoms with E-state index < -0.39 is 0 Å². The average Bonchev–Trinajstić information content (AvgIpc) is 4.05. The number of aromatic nitrogens is 4. The molecule has 4 heterocycles. The predicted octanol–water partition coefficient (Wildman–Crippen LogP) is 13.3. The van der Waals surface area contributed by atoms with Gasteiger partial charge < -0.3 is 18.7 Å². The topological polar surface area (TPSA) is 30.6 Å². The van der Waals surface area contributed by atoms with Gasteiger partial charge in [-0.05, 0) is 75.7 Å². The zero-order valence-corrected chi connectivity index (χ0v) is 41.5. The van der Waals surface area contributed by atoms with Crippen LogP contribution in [0, 0.1) is 47.9 Å². The second kappa shape index (κ2) is 73.2. The molecule has 0 aliphatic rings. The molecular formula is C46H76N4W2. The molecule has 0 saturated carbocycles. The van der Waals surface area contributed by atoms with Crippen LogP contribution in [0.3, 0.4) is 0 Å². The molecule has 0 atom stereocenters. The Morgan fingerprint density at radius 3 is 0.904 bits per heavy atom. The van der Waals surface area contributed by atoms with Gasteiger partial charge in [-0.15, -0.1) is 47.9 Å². The van der Waals surface area contributed by atoms with Crippen LogP contribution in [-0.2, 0) is 61.8 Å². The first kappa shape index (κ1) is 66.9. The van der Waals surface area contributed by atoms with Crippen molar-refractivity contribution in [3.05, 3.63) is 98.1 Å². The summed E-state index contributed by atoms with van der Waals surface area (Å²) in [5.41, 5.74) is 0. The van der Waals surface area contributed by atoms with Gasteiger partial charge in [0.05, 0.1) is 0 Å². The number of aromatic amines is 1. The van der Waals surface area contributed by atoms with Crippen LogP contribution in [0.5, 0.6) is 0 Å². The maximum absolute atomic E-state index is 5.08. The van der Waals surface area contributed by atoms with Crippen molar-refractivity contribution in [3.63, 3.8) is 0 Å². The van der Waals surface area contributed by atoms with Crippen molar-refractivity contribution in [1.82, 2.24) is 18.7 Å². The van der Waals surface area contributed by atoms with E-state index >= 15 is 0 Å².